The standard InChI is InChI=1S/C24H23N3O6/c1-4-32-24(31)23-20(13-22(30)27(26-23)19-8-6-5-7-15(19)2)33-14-21(29)25-18-11-9-17(10-12-18)16(3)28/h5-13H,4,14H2,1-3H3,(H,25,29). The van der Waals surface area contributed by atoms with Gasteiger partial charge in [0.1, 0.15) is 0 Å². The second kappa shape index (κ2) is 10.4. The molecule has 170 valence electrons. The molecule has 33 heavy (non-hydrogen) atoms. The van der Waals surface area contributed by atoms with Crippen LogP contribution in [0.25, 0.3) is 5.69 Å². The molecule has 3 aromatic rings. The molecule has 9 heteroatoms. The van der Waals surface area contributed by atoms with Gasteiger partial charge in [-0.25, -0.2) is 4.79 Å². The van der Waals surface area contributed by atoms with Crippen molar-refractivity contribution in [3.8, 4) is 11.4 Å². The fourth-order valence-corrected chi connectivity index (χ4v) is 2.99. The molecule has 0 aliphatic carbocycles. The van der Waals surface area contributed by atoms with Gasteiger partial charge in [0.2, 0.25) is 5.69 Å². The second-order valence-corrected chi connectivity index (χ2v) is 7.08. The molecule has 0 fully saturated rings. The summed E-state index contributed by atoms with van der Waals surface area (Å²) in [5.74, 6) is -1.56. The zero-order chi connectivity index (χ0) is 24.0. The minimum atomic E-state index is -0.782. The van der Waals surface area contributed by atoms with Crippen molar-refractivity contribution in [3.05, 3.63) is 81.8 Å². The molecular weight excluding hydrogens is 426 g/mol. The van der Waals surface area contributed by atoms with Gasteiger partial charge in [-0.15, -0.1) is 0 Å². The van der Waals surface area contributed by atoms with Crippen LogP contribution in [-0.4, -0.2) is 40.7 Å². The van der Waals surface area contributed by atoms with Crippen LogP contribution < -0.4 is 15.6 Å². The number of benzene rings is 2. The molecule has 0 radical (unpaired) electrons. The van der Waals surface area contributed by atoms with E-state index in [4.69, 9.17) is 9.47 Å². The molecule has 0 aliphatic rings. The Bertz CT molecular complexity index is 1250. The number of aryl methyl sites for hydroxylation is 1. The van der Waals surface area contributed by atoms with Crippen molar-refractivity contribution in [3.63, 3.8) is 0 Å². The molecule has 1 N–H and O–H groups in total. The minimum Gasteiger partial charge on any atom is -0.481 e. The lowest BCUT2D eigenvalue weighted by molar-refractivity contribution is -0.118. The molecule has 0 atom stereocenters. The van der Waals surface area contributed by atoms with E-state index in [0.29, 0.717) is 16.9 Å². The molecule has 1 amide bonds. The summed E-state index contributed by atoms with van der Waals surface area (Å²) in [4.78, 5) is 48.8. The molecule has 9 nitrogen and oxygen atoms in total. The van der Waals surface area contributed by atoms with E-state index in [9.17, 15) is 19.2 Å². The summed E-state index contributed by atoms with van der Waals surface area (Å²) < 4.78 is 11.6. The van der Waals surface area contributed by atoms with Crippen LogP contribution in [0.5, 0.6) is 5.75 Å². The van der Waals surface area contributed by atoms with Gasteiger partial charge in [-0.05, 0) is 56.7 Å². The van der Waals surface area contributed by atoms with E-state index in [0.717, 1.165) is 16.3 Å². The third-order valence-corrected chi connectivity index (χ3v) is 4.64. The van der Waals surface area contributed by atoms with E-state index in [1.165, 1.54) is 6.92 Å². The van der Waals surface area contributed by atoms with Gasteiger partial charge in [0.25, 0.3) is 11.5 Å². The normalized spacial score (nSPS) is 10.4. The maximum atomic E-state index is 12.7. The summed E-state index contributed by atoms with van der Waals surface area (Å²) in [6, 6.07) is 14.5. The van der Waals surface area contributed by atoms with Gasteiger partial charge in [0, 0.05) is 11.3 Å². The number of carbonyl (C=O) groups is 3. The summed E-state index contributed by atoms with van der Waals surface area (Å²) in [7, 11) is 0. The first-order valence-corrected chi connectivity index (χ1v) is 10.2. The van der Waals surface area contributed by atoms with Gasteiger partial charge in [-0.2, -0.15) is 9.78 Å². The highest BCUT2D eigenvalue weighted by molar-refractivity contribution is 5.96. The predicted octanol–water partition coefficient (Wildman–Crippen LogP) is 2.94. The maximum Gasteiger partial charge on any atom is 0.362 e. The Morgan fingerprint density at radius 2 is 1.76 bits per heavy atom. The van der Waals surface area contributed by atoms with E-state index < -0.39 is 24.0 Å². The number of ether oxygens (including phenoxy) is 2. The molecule has 0 aliphatic heterocycles. The van der Waals surface area contributed by atoms with E-state index in [1.54, 1.807) is 43.3 Å². The number of amides is 1. The lowest BCUT2D eigenvalue weighted by Crippen LogP contribution is -2.27. The summed E-state index contributed by atoms with van der Waals surface area (Å²) in [5.41, 5.74) is 1.51. The molecule has 0 bridgehead atoms. The Labute approximate surface area is 190 Å². The van der Waals surface area contributed by atoms with Crippen LogP contribution in [0.1, 0.15) is 40.3 Å². The Hall–Kier alpha value is -4.27. The third-order valence-electron chi connectivity index (χ3n) is 4.64. The second-order valence-electron chi connectivity index (χ2n) is 7.08. The highest BCUT2D eigenvalue weighted by Crippen LogP contribution is 2.18. The number of esters is 1. The molecule has 0 spiro atoms. The van der Waals surface area contributed by atoms with Gasteiger partial charge in [-0.3, -0.25) is 14.4 Å². The number of hydrogen-bond acceptors (Lipinski definition) is 7. The number of nitrogens with zero attached hydrogens (tertiary/aromatic N) is 2. The van der Waals surface area contributed by atoms with Crippen molar-refractivity contribution < 1.29 is 23.9 Å². The molecule has 0 saturated heterocycles. The van der Waals surface area contributed by atoms with Gasteiger partial charge in [-0.1, -0.05) is 18.2 Å². The zero-order valence-corrected chi connectivity index (χ0v) is 18.5. The number of anilines is 1. The number of Topliss-reactive ketones (excluding diaryl/α,β-unsaturated/α-hetero) is 1. The monoisotopic (exact) mass is 449 g/mol. The van der Waals surface area contributed by atoms with Crippen molar-refractivity contribution in [2.75, 3.05) is 18.5 Å². The minimum absolute atomic E-state index is 0.0874. The van der Waals surface area contributed by atoms with Crippen LogP contribution in [0.4, 0.5) is 5.69 Å². The number of para-hydroxylation sites is 1. The average Bonchev–Trinajstić information content (AvgIpc) is 2.79. The van der Waals surface area contributed by atoms with Gasteiger partial charge < -0.3 is 14.8 Å². The maximum absolute atomic E-state index is 12.7. The first kappa shape index (κ1) is 23.4. The quantitative estimate of drug-likeness (QED) is 0.415. The largest absolute Gasteiger partial charge is 0.481 e. The third kappa shape index (κ3) is 5.70. The number of hydrogen-bond donors (Lipinski definition) is 1. The molecule has 3 rings (SSSR count). The Morgan fingerprint density at radius 1 is 1.06 bits per heavy atom. The molecule has 1 aromatic heterocycles. The number of aromatic nitrogens is 2. The Kier molecular flexibility index (Phi) is 7.34. The van der Waals surface area contributed by atoms with Gasteiger partial charge >= 0.3 is 5.97 Å². The van der Waals surface area contributed by atoms with E-state index in [-0.39, 0.29) is 23.8 Å². The van der Waals surface area contributed by atoms with Crippen LogP contribution >= 0.6 is 0 Å². The van der Waals surface area contributed by atoms with Crippen LogP contribution in [0.15, 0.2) is 59.4 Å². The van der Waals surface area contributed by atoms with Crippen molar-refractivity contribution in [2.45, 2.75) is 20.8 Å². The Balaban J connectivity index is 1.82. The fourth-order valence-electron chi connectivity index (χ4n) is 2.99. The lowest BCUT2D eigenvalue weighted by Gasteiger charge is -2.13. The van der Waals surface area contributed by atoms with Crippen LogP contribution in [0.2, 0.25) is 0 Å². The van der Waals surface area contributed by atoms with Crippen molar-refractivity contribution in [2.24, 2.45) is 0 Å². The highest BCUT2D eigenvalue weighted by Gasteiger charge is 2.21. The van der Waals surface area contributed by atoms with E-state index in [2.05, 4.69) is 10.4 Å². The summed E-state index contributed by atoms with van der Waals surface area (Å²) in [6.07, 6.45) is 0. The van der Waals surface area contributed by atoms with Crippen LogP contribution in [-0.2, 0) is 9.53 Å². The first-order valence-electron chi connectivity index (χ1n) is 10.2. The summed E-state index contributed by atoms with van der Waals surface area (Å²) in [5, 5.41) is 6.77. The SMILES string of the molecule is CCOC(=O)c1nn(-c2ccccc2C)c(=O)cc1OCC(=O)Nc1ccc(C(C)=O)cc1. The number of nitrogens with one attached hydrogen (secondary N) is 1. The topological polar surface area (TPSA) is 117 Å². The van der Waals surface area contributed by atoms with Gasteiger partial charge in [0.15, 0.2) is 18.1 Å². The molecule has 0 saturated carbocycles. The predicted molar refractivity (Wildman–Crippen MR) is 121 cm³/mol. The van der Waals surface area contributed by atoms with Crippen molar-refractivity contribution >= 4 is 23.3 Å². The van der Waals surface area contributed by atoms with Crippen molar-refractivity contribution in [1.29, 1.82) is 0 Å². The highest BCUT2D eigenvalue weighted by atomic mass is 16.5. The summed E-state index contributed by atoms with van der Waals surface area (Å²) in [6.45, 7) is 4.52. The first-order chi connectivity index (χ1) is 15.8. The van der Waals surface area contributed by atoms with Crippen LogP contribution in [0.3, 0.4) is 0 Å². The lowest BCUT2D eigenvalue weighted by atomic mass is 10.1. The average molecular weight is 449 g/mol. The van der Waals surface area contributed by atoms with Crippen molar-refractivity contribution in [1.82, 2.24) is 9.78 Å². The molecular formula is C24H23N3O6. The van der Waals surface area contributed by atoms with E-state index >= 15 is 0 Å². The summed E-state index contributed by atoms with van der Waals surface area (Å²) >= 11 is 0. The zero-order valence-electron chi connectivity index (χ0n) is 18.5. The molecule has 2 aromatic carbocycles. The van der Waals surface area contributed by atoms with E-state index in [1.807, 2.05) is 19.1 Å². The number of ketones is 1. The number of rotatable bonds is 8. The smallest absolute Gasteiger partial charge is 0.362 e. The van der Waals surface area contributed by atoms with Gasteiger partial charge in [0.05, 0.1) is 18.4 Å². The fraction of sp³-hybridized carbons (Fsp3) is 0.208. The molecule has 1 heterocycles. The number of carbonyl (C=O) groups excluding carboxylic acids is 3. The molecule has 0 unspecified atom stereocenters. The van der Waals surface area contributed by atoms with Crippen LogP contribution in [0, 0.1) is 6.92 Å². The Morgan fingerprint density at radius 3 is 2.39 bits per heavy atom.